The number of hydrogen-bond acceptors (Lipinski definition) is 3. The lowest BCUT2D eigenvalue weighted by atomic mass is 10.0. The third-order valence-electron chi connectivity index (χ3n) is 2.87. The minimum Gasteiger partial charge on any atom is -0.368 e. The molecule has 1 saturated heterocycles. The largest absolute Gasteiger partial charge is 0.368 e. The fraction of sp³-hybridized carbons (Fsp3) is 0.800. The Morgan fingerprint density at radius 3 is 2.38 bits per heavy atom. The summed E-state index contributed by atoms with van der Waals surface area (Å²) >= 11 is 0. The van der Waals surface area contributed by atoms with Crippen molar-refractivity contribution in [2.24, 2.45) is 17.4 Å². The predicted octanol–water partition coefficient (Wildman–Crippen LogP) is -0.132. The summed E-state index contributed by atoms with van der Waals surface area (Å²) in [7, 11) is 0. The van der Waals surface area contributed by atoms with Crippen molar-refractivity contribution < 1.29 is 9.59 Å². The first kappa shape index (κ1) is 15.2. The van der Waals surface area contributed by atoms with E-state index in [4.69, 9.17) is 11.5 Å². The Morgan fingerprint density at radius 1 is 1.38 bits per heavy atom. The molecule has 4 N–H and O–H groups in total. The van der Waals surface area contributed by atoms with Gasteiger partial charge in [0.05, 0.1) is 6.04 Å². The molecule has 1 fully saturated rings. The molecule has 0 saturated carbocycles. The zero-order chi connectivity index (χ0) is 11.6. The Kier molecular flexibility index (Phi) is 5.75. The van der Waals surface area contributed by atoms with E-state index in [9.17, 15) is 9.59 Å². The van der Waals surface area contributed by atoms with E-state index in [0.29, 0.717) is 13.0 Å². The van der Waals surface area contributed by atoms with Crippen molar-refractivity contribution in [3.63, 3.8) is 0 Å². The molecule has 16 heavy (non-hydrogen) atoms. The van der Waals surface area contributed by atoms with Crippen LogP contribution in [-0.2, 0) is 9.59 Å². The quantitative estimate of drug-likeness (QED) is 0.730. The van der Waals surface area contributed by atoms with Crippen LogP contribution in [0.3, 0.4) is 0 Å². The van der Waals surface area contributed by atoms with E-state index in [2.05, 4.69) is 0 Å². The van der Waals surface area contributed by atoms with E-state index in [1.807, 2.05) is 13.8 Å². The van der Waals surface area contributed by atoms with Gasteiger partial charge in [-0.3, -0.25) is 9.59 Å². The molecule has 2 amide bonds. The average molecular weight is 250 g/mol. The number of halogens is 1. The highest BCUT2D eigenvalue weighted by molar-refractivity contribution is 5.89. The highest BCUT2D eigenvalue weighted by Crippen LogP contribution is 2.18. The molecule has 0 radical (unpaired) electrons. The maximum absolute atomic E-state index is 11.9. The van der Waals surface area contributed by atoms with E-state index >= 15 is 0 Å². The molecule has 1 aliphatic heterocycles. The van der Waals surface area contributed by atoms with Gasteiger partial charge in [-0.05, 0) is 18.8 Å². The summed E-state index contributed by atoms with van der Waals surface area (Å²) in [4.78, 5) is 24.5. The fourth-order valence-electron chi connectivity index (χ4n) is 1.80. The molecule has 0 aromatic heterocycles. The van der Waals surface area contributed by atoms with Gasteiger partial charge in [0.15, 0.2) is 0 Å². The Labute approximate surface area is 102 Å². The van der Waals surface area contributed by atoms with Crippen molar-refractivity contribution in [2.75, 3.05) is 6.54 Å². The van der Waals surface area contributed by atoms with Crippen LogP contribution in [0.25, 0.3) is 0 Å². The van der Waals surface area contributed by atoms with Crippen LogP contribution in [0, 0.1) is 5.92 Å². The Morgan fingerprint density at radius 2 is 1.94 bits per heavy atom. The fourth-order valence-corrected chi connectivity index (χ4v) is 1.80. The normalized spacial score (nSPS) is 21.8. The lowest BCUT2D eigenvalue weighted by Crippen LogP contribution is -2.51. The van der Waals surface area contributed by atoms with Crippen LogP contribution >= 0.6 is 12.4 Å². The summed E-state index contributed by atoms with van der Waals surface area (Å²) in [6.45, 7) is 4.36. The molecule has 2 atom stereocenters. The maximum atomic E-state index is 11.9. The Bertz CT molecular complexity index is 271. The molecule has 0 spiro atoms. The first-order valence-electron chi connectivity index (χ1n) is 5.30. The topological polar surface area (TPSA) is 89.4 Å². The van der Waals surface area contributed by atoms with Crippen LogP contribution < -0.4 is 11.5 Å². The van der Waals surface area contributed by atoms with E-state index in [1.54, 1.807) is 0 Å². The summed E-state index contributed by atoms with van der Waals surface area (Å²) in [5.41, 5.74) is 11.0. The van der Waals surface area contributed by atoms with Gasteiger partial charge in [-0.2, -0.15) is 0 Å². The van der Waals surface area contributed by atoms with Crippen LogP contribution in [0.4, 0.5) is 0 Å². The van der Waals surface area contributed by atoms with Crippen molar-refractivity contribution in [1.29, 1.82) is 0 Å². The predicted molar refractivity (Wildman–Crippen MR) is 64.0 cm³/mol. The minimum atomic E-state index is -0.537. The van der Waals surface area contributed by atoms with Crippen LogP contribution in [0.15, 0.2) is 0 Å². The van der Waals surface area contributed by atoms with Gasteiger partial charge >= 0.3 is 0 Å². The van der Waals surface area contributed by atoms with Crippen molar-refractivity contribution in [1.82, 2.24) is 4.90 Å². The smallest absolute Gasteiger partial charge is 0.240 e. The van der Waals surface area contributed by atoms with Crippen molar-refractivity contribution in [3.8, 4) is 0 Å². The van der Waals surface area contributed by atoms with Crippen LogP contribution in [0.5, 0.6) is 0 Å². The van der Waals surface area contributed by atoms with E-state index in [0.717, 1.165) is 6.42 Å². The summed E-state index contributed by atoms with van der Waals surface area (Å²) in [5.74, 6) is -0.519. The molecule has 0 unspecified atom stereocenters. The maximum Gasteiger partial charge on any atom is 0.240 e. The van der Waals surface area contributed by atoms with Gasteiger partial charge < -0.3 is 16.4 Å². The number of primary amides is 1. The van der Waals surface area contributed by atoms with Gasteiger partial charge in [0, 0.05) is 6.54 Å². The molecule has 0 aliphatic carbocycles. The number of carbonyl (C=O) groups is 2. The lowest BCUT2D eigenvalue weighted by molar-refractivity contribution is -0.139. The third-order valence-corrected chi connectivity index (χ3v) is 2.87. The van der Waals surface area contributed by atoms with E-state index in [-0.39, 0.29) is 24.2 Å². The van der Waals surface area contributed by atoms with Gasteiger partial charge in [0.2, 0.25) is 11.8 Å². The zero-order valence-electron chi connectivity index (χ0n) is 9.68. The number of likely N-dealkylation sites (tertiary alicyclic amines) is 1. The molecule has 1 rings (SSSR count). The monoisotopic (exact) mass is 249 g/mol. The van der Waals surface area contributed by atoms with Crippen LogP contribution in [-0.4, -0.2) is 35.3 Å². The molecule has 5 nitrogen and oxygen atoms in total. The van der Waals surface area contributed by atoms with Crippen molar-refractivity contribution in [3.05, 3.63) is 0 Å². The SMILES string of the molecule is CC(C)[C@H](N)C(=O)N1CCC[C@H]1C(N)=O.Cl. The molecule has 6 heteroatoms. The van der Waals surface area contributed by atoms with E-state index in [1.165, 1.54) is 4.90 Å². The van der Waals surface area contributed by atoms with E-state index < -0.39 is 18.0 Å². The number of nitrogens with zero attached hydrogens (tertiary/aromatic N) is 1. The molecular formula is C10H20ClN3O2. The van der Waals surface area contributed by atoms with Gasteiger partial charge in [-0.25, -0.2) is 0 Å². The molecule has 0 aromatic carbocycles. The van der Waals surface area contributed by atoms with Gasteiger partial charge in [0.25, 0.3) is 0 Å². The summed E-state index contributed by atoms with van der Waals surface area (Å²) in [6.07, 6.45) is 1.48. The number of nitrogens with two attached hydrogens (primary N) is 2. The molecule has 1 aliphatic rings. The molecular weight excluding hydrogens is 230 g/mol. The zero-order valence-corrected chi connectivity index (χ0v) is 10.5. The lowest BCUT2D eigenvalue weighted by Gasteiger charge is -2.26. The van der Waals surface area contributed by atoms with Crippen molar-refractivity contribution in [2.45, 2.75) is 38.8 Å². The highest BCUT2D eigenvalue weighted by atomic mass is 35.5. The average Bonchev–Trinajstić information content (AvgIpc) is 2.63. The van der Waals surface area contributed by atoms with Crippen molar-refractivity contribution >= 4 is 24.2 Å². The highest BCUT2D eigenvalue weighted by Gasteiger charge is 2.35. The number of rotatable bonds is 3. The first-order chi connectivity index (χ1) is 6.95. The molecule has 1 heterocycles. The van der Waals surface area contributed by atoms with Gasteiger partial charge in [0.1, 0.15) is 6.04 Å². The Balaban J connectivity index is 0.00000225. The number of amides is 2. The summed E-state index contributed by atoms with van der Waals surface area (Å²) < 4.78 is 0. The molecule has 94 valence electrons. The number of hydrogen-bond donors (Lipinski definition) is 2. The standard InChI is InChI=1S/C10H19N3O2.ClH/c1-6(2)8(11)10(15)13-5-3-4-7(13)9(12)14;/h6-8H,3-5,11H2,1-2H3,(H2,12,14);1H/t7-,8-;/m0./s1. The number of carbonyl (C=O) groups excluding carboxylic acids is 2. The second kappa shape index (κ2) is 6.06. The minimum absolute atomic E-state index is 0. The Hall–Kier alpha value is -0.810. The second-order valence-corrected chi connectivity index (χ2v) is 4.36. The molecule has 0 aromatic rings. The van der Waals surface area contributed by atoms with Crippen LogP contribution in [0.1, 0.15) is 26.7 Å². The summed E-state index contributed by atoms with van der Waals surface area (Å²) in [6, 6.07) is -0.993. The summed E-state index contributed by atoms with van der Waals surface area (Å²) in [5, 5.41) is 0. The second-order valence-electron chi connectivity index (χ2n) is 4.36. The molecule has 0 bridgehead atoms. The van der Waals surface area contributed by atoms with Gasteiger partial charge in [-0.15, -0.1) is 12.4 Å². The van der Waals surface area contributed by atoms with Gasteiger partial charge in [-0.1, -0.05) is 13.8 Å². The first-order valence-corrected chi connectivity index (χ1v) is 5.30. The third kappa shape index (κ3) is 3.09. The van der Waals surface area contributed by atoms with Crippen LogP contribution in [0.2, 0.25) is 0 Å².